The predicted molar refractivity (Wildman–Crippen MR) is 91.3 cm³/mol. The molecule has 0 spiro atoms. The van der Waals surface area contributed by atoms with Crippen molar-refractivity contribution in [3.8, 4) is 11.3 Å². The van der Waals surface area contributed by atoms with Crippen molar-refractivity contribution < 1.29 is 4.42 Å². The Morgan fingerprint density at radius 3 is 2.70 bits per heavy atom. The largest absolute Gasteiger partial charge is 0.459 e. The summed E-state index contributed by atoms with van der Waals surface area (Å²) in [6.45, 7) is 2.51. The van der Waals surface area contributed by atoms with Gasteiger partial charge in [0, 0.05) is 19.2 Å². The van der Waals surface area contributed by atoms with E-state index in [4.69, 9.17) is 4.42 Å². The molecule has 0 aliphatic carbocycles. The van der Waals surface area contributed by atoms with E-state index in [0.717, 1.165) is 36.1 Å². The van der Waals surface area contributed by atoms with Gasteiger partial charge in [0.15, 0.2) is 5.96 Å². The quantitative estimate of drug-likeness (QED) is 0.829. The van der Waals surface area contributed by atoms with Crippen molar-refractivity contribution in [2.45, 2.75) is 6.54 Å². The van der Waals surface area contributed by atoms with Crippen molar-refractivity contribution in [2.24, 2.45) is 4.99 Å². The van der Waals surface area contributed by atoms with E-state index in [1.165, 1.54) is 0 Å². The van der Waals surface area contributed by atoms with Crippen LogP contribution in [0.3, 0.4) is 0 Å². The average molecular weight is 383 g/mol. The number of nitrogens with one attached hydrogen (secondary N) is 1. The third kappa shape index (κ3) is 3.33. The fraction of sp³-hybridized carbons (Fsp3) is 0.267. The molecule has 106 valence electrons. The second kappa shape index (κ2) is 6.78. The summed E-state index contributed by atoms with van der Waals surface area (Å²) >= 11 is 0. The van der Waals surface area contributed by atoms with Crippen LogP contribution in [0.4, 0.5) is 0 Å². The van der Waals surface area contributed by atoms with Crippen molar-refractivity contribution in [2.75, 3.05) is 20.1 Å². The molecule has 2 heterocycles. The number of hydrogen-bond donors (Lipinski definition) is 1. The van der Waals surface area contributed by atoms with Gasteiger partial charge in [-0.25, -0.2) is 0 Å². The van der Waals surface area contributed by atoms with E-state index in [1.807, 2.05) is 49.5 Å². The van der Waals surface area contributed by atoms with Gasteiger partial charge in [0.2, 0.25) is 0 Å². The highest BCUT2D eigenvalue weighted by Gasteiger charge is 2.12. The number of rotatable bonds is 3. The molecule has 1 aliphatic heterocycles. The summed E-state index contributed by atoms with van der Waals surface area (Å²) in [5, 5.41) is 3.29. The molecule has 0 amide bonds. The third-order valence-electron chi connectivity index (χ3n) is 3.20. The van der Waals surface area contributed by atoms with E-state index in [2.05, 4.69) is 15.2 Å². The number of furan rings is 1. The molecule has 4 nitrogen and oxygen atoms in total. The van der Waals surface area contributed by atoms with Crippen molar-refractivity contribution in [3.05, 3.63) is 48.2 Å². The Morgan fingerprint density at radius 1 is 1.20 bits per heavy atom. The Kier molecular flexibility index (Phi) is 5.05. The van der Waals surface area contributed by atoms with Crippen LogP contribution in [0, 0.1) is 0 Å². The predicted octanol–water partition coefficient (Wildman–Crippen LogP) is 2.96. The lowest BCUT2D eigenvalue weighted by molar-refractivity contribution is 0.495. The number of nitrogens with zero attached hydrogens (tertiary/aromatic N) is 2. The molecule has 1 N–H and O–H groups in total. The molecule has 1 aromatic heterocycles. The van der Waals surface area contributed by atoms with E-state index in [0.29, 0.717) is 6.54 Å². The first-order valence-corrected chi connectivity index (χ1v) is 6.46. The topological polar surface area (TPSA) is 40.8 Å². The highest BCUT2D eigenvalue weighted by molar-refractivity contribution is 14.0. The number of benzene rings is 1. The van der Waals surface area contributed by atoms with Gasteiger partial charge < -0.3 is 14.6 Å². The third-order valence-corrected chi connectivity index (χ3v) is 3.20. The van der Waals surface area contributed by atoms with Gasteiger partial charge in [-0.3, -0.25) is 4.99 Å². The maximum atomic E-state index is 5.83. The fourth-order valence-corrected chi connectivity index (χ4v) is 2.12. The van der Waals surface area contributed by atoms with E-state index >= 15 is 0 Å². The first-order valence-electron chi connectivity index (χ1n) is 6.46. The van der Waals surface area contributed by atoms with Crippen LogP contribution in [-0.2, 0) is 6.54 Å². The monoisotopic (exact) mass is 383 g/mol. The van der Waals surface area contributed by atoms with Crippen LogP contribution in [0.2, 0.25) is 0 Å². The normalized spacial score (nSPS) is 13.8. The zero-order chi connectivity index (χ0) is 13.1. The van der Waals surface area contributed by atoms with Crippen molar-refractivity contribution in [1.29, 1.82) is 0 Å². The van der Waals surface area contributed by atoms with Crippen molar-refractivity contribution in [3.63, 3.8) is 0 Å². The molecule has 0 saturated heterocycles. The minimum absolute atomic E-state index is 0. The SMILES string of the molecule is CN1CCN=C1NCc1ccc(-c2ccccc2)o1.I. The summed E-state index contributed by atoms with van der Waals surface area (Å²) < 4.78 is 5.83. The highest BCUT2D eigenvalue weighted by atomic mass is 127. The fourth-order valence-electron chi connectivity index (χ4n) is 2.12. The molecule has 2 aromatic rings. The van der Waals surface area contributed by atoms with E-state index in [1.54, 1.807) is 0 Å². The maximum Gasteiger partial charge on any atom is 0.194 e. The van der Waals surface area contributed by atoms with E-state index < -0.39 is 0 Å². The standard InChI is InChI=1S/C15H17N3O.HI/c1-18-10-9-16-15(18)17-11-13-7-8-14(19-13)12-5-3-2-4-6-12;/h2-8H,9-11H2,1H3,(H,16,17);1H. The second-order valence-electron chi connectivity index (χ2n) is 4.61. The maximum absolute atomic E-state index is 5.83. The van der Waals surface area contributed by atoms with Crippen molar-refractivity contribution >= 4 is 29.9 Å². The number of hydrogen-bond acceptors (Lipinski definition) is 4. The van der Waals surface area contributed by atoms with Crippen LogP contribution in [-0.4, -0.2) is 31.0 Å². The van der Waals surface area contributed by atoms with Gasteiger partial charge in [-0.2, -0.15) is 0 Å². The average Bonchev–Trinajstić information content (AvgIpc) is 3.06. The van der Waals surface area contributed by atoms with Crippen LogP contribution < -0.4 is 5.32 Å². The zero-order valence-electron chi connectivity index (χ0n) is 11.4. The summed E-state index contributed by atoms with van der Waals surface area (Å²) in [5.74, 6) is 2.76. The van der Waals surface area contributed by atoms with Gasteiger partial charge in [0.05, 0.1) is 13.1 Å². The van der Waals surface area contributed by atoms with Gasteiger partial charge in [-0.05, 0) is 12.1 Å². The molecule has 5 heteroatoms. The first kappa shape index (κ1) is 14.9. The lowest BCUT2D eigenvalue weighted by Crippen LogP contribution is -2.34. The Hall–Kier alpha value is -1.50. The molecular formula is C15H18IN3O. The number of guanidine groups is 1. The van der Waals surface area contributed by atoms with Crippen LogP contribution in [0.1, 0.15) is 5.76 Å². The van der Waals surface area contributed by atoms with Gasteiger partial charge in [0.25, 0.3) is 0 Å². The molecule has 0 fully saturated rings. The van der Waals surface area contributed by atoms with Crippen molar-refractivity contribution in [1.82, 2.24) is 10.2 Å². The molecule has 1 aromatic carbocycles. The van der Waals surface area contributed by atoms with Gasteiger partial charge in [-0.1, -0.05) is 30.3 Å². The number of halogens is 1. The van der Waals surface area contributed by atoms with Gasteiger partial charge >= 0.3 is 0 Å². The van der Waals surface area contributed by atoms with Crippen LogP contribution in [0.25, 0.3) is 11.3 Å². The van der Waals surface area contributed by atoms with Gasteiger partial charge in [0.1, 0.15) is 11.5 Å². The first-order chi connectivity index (χ1) is 9.33. The molecule has 0 unspecified atom stereocenters. The Bertz CT molecular complexity index is 580. The summed E-state index contributed by atoms with van der Waals surface area (Å²) in [7, 11) is 2.04. The Labute approximate surface area is 135 Å². The number of likely N-dealkylation sites (N-methyl/N-ethyl adjacent to an activating group) is 1. The molecule has 20 heavy (non-hydrogen) atoms. The molecule has 0 radical (unpaired) electrons. The van der Waals surface area contributed by atoms with Crippen LogP contribution >= 0.6 is 24.0 Å². The zero-order valence-corrected chi connectivity index (χ0v) is 13.7. The Morgan fingerprint density at radius 2 is 2.00 bits per heavy atom. The highest BCUT2D eigenvalue weighted by Crippen LogP contribution is 2.21. The molecule has 3 rings (SSSR count). The van der Waals surface area contributed by atoms with Gasteiger partial charge in [-0.15, -0.1) is 24.0 Å². The molecule has 1 aliphatic rings. The summed E-state index contributed by atoms with van der Waals surface area (Å²) in [6, 6.07) is 14.1. The summed E-state index contributed by atoms with van der Waals surface area (Å²) in [4.78, 5) is 6.50. The van der Waals surface area contributed by atoms with E-state index in [-0.39, 0.29) is 24.0 Å². The minimum atomic E-state index is 0. The minimum Gasteiger partial charge on any atom is -0.459 e. The Balaban J connectivity index is 0.00000147. The molecule has 0 bridgehead atoms. The van der Waals surface area contributed by atoms with E-state index in [9.17, 15) is 0 Å². The molecule has 0 atom stereocenters. The smallest absolute Gasteiger partial charge is 0.194 e. The van der Waals surface area contributed by atoms with Crippen LogP contribution in [0.5, 0.6) is 0 Å². The second-order valence-corrected chi connectivity index (χ2v) is 4.61. The summed E-state index contributed by atoms with van der Waals surface area (Å²) in [6.07, 6.45) is 0. The van der Waals surface area contributed by atoms with Crippen LogP contribution in [0.15, 0.2) is 51.9 Å². The lowest BCUT2D eigenvalue weighted by atomic mass is 10.2. The number of aliphatic imine (C=N–C) groups is 1. The molecular weight excluding hydrogens is 365 g/mol. The lowest BCUT2D eigenvalue weighted by Gasteiger charge is -2.14. The summed E-state index contributed by atoms with van der Waals surface area (Å²) in [5.41, 5.74) is 1.10. The molecule has 0 saturated carbocycles.